The number of rotatable bonds is 12. The van der Waals surface area contributed by atoms with Gasteiger partial charge in [0.2, 0.25) is 5.91 Å². The lowest BCUT2D eigenvalue weighted by Crippen LogP contribution is -2.39. The molecule has 3 nitrogen and oxygen atoms in total. The number of nitrogens with two attached hydrogens (primary N) is 1. The fraction of sp³-hybridized carbons (Fsp3) is 0.938. The molecule has 1 unspecified atom stereocenters. The average Bonchev–Trinajstić information content (AvgIpc) is 2.43. The molecule has 0 fully saturated rings. The van der Waals surface area contributed by atoms with Gasteiger partial charge in [-0.2, -0.15) is 0 Å². The van der Waals surface area contributed by atoms with Gasteiger partial charge in [-0.15, -0.1) is 0 Å². The van der Waals surface area contributed by atoms with E-state index >= 15 is 0 Å². The highest BCUT2D eigenvalue weighted by atomic mass is 16.2. The number of carbonyl (C=O) groups is 1. The first-order valence-corrected chi connectivity index (χ1v) is 8.09. The molecule has 0 saturated heterocycles. The Morgan fingerprint density at radius 2 is 1.47 bits per heavy atom. The average molecular weight is 270 g/mol. The number of hydrogen-bond donors (Lipinski definition) is 1. The van der Waals surface area contributed by atoms with E-state index in [9.17, 15) is 4.79 Å². The number of carbonyl (C=O) groups excluding carboxylic acids is 1. The third-order valence-electron chi connectivity index (χ3n) is 3.89. The van der Waals surface area contributed by atoms with Crippen molar-refractivity contribution in [1.82, 2.24) is 4.90 Å². The molecule has 19 heavy (non-hydrogen) atoms. The minimum absolute atomic E-state index is 0.158. The molecular formula is C16H34N2O. The molecule has 0 aliphatic carbocycles. The van der Waals surface area contributed by atoms with Gasteiger partial charge in [-0.1, -0.05) is 58.3 Å². The van der Waals surface area contributed by atoms with Crippen LogP contribution in [0.4, 0.5) is 0 Å². The normalized spacial score (nSPS) is 12.4. The molecule has 1 atom stereocenters. The van der Waals surface area contributed by atoms with Gasteiger partial charge in [-0.25, -0.2) is 0 Å². The molecule has 0 spiro atoms. The second-order valence-electron chi connectivity index (χ2n) is 5.67. The summed E-state index contributed by atoms with van der Waals surface area (Å²) in [6.45, 7) is 4.79. The van der Waals surface area contributed by atoms with Gasteiger partial charge in [0.1, 0.15) is 0 Å². The zero-order valence-corrected chi connectivity index (χ0v) is 13.3. The molecule has 0 aromatic carbocycles. The number of unbranched alkanes of at least 4 members (excludes halogenated alkanes) is 8. The highest BCUT2D eigenvalue weighted by Gasteiger charge is 2.13. The maximum absolute atomic E-state index is 11.8. The van der Waals surface area contributed by atoms with Crippen LogP contribution in [0.5, 0.6) is 0 Å². The van der Waals surface area contributed by atoms with Gasteiger partial charge in [0, 0.05) is 26.1 Å². The largest absolute Gasteiger partial charge is 0.342 e. The number of nitrogens with zero attached hydrogens (tertiary/aromatic N) is 1. The second-order valence-corrected chi connectivity index (χ2v) is 5.67. The summed E-state index contributed by atoms with van der Waals surface area (Å²) in [5, 5.41) is 0. The first kappa shape index (κ1) is 18.4. The third kappa shape index (κ3) is 9.94. The van der Waals surface area contributed by atoms with Crippen LogP contribution in [0.2, 0.25) is 0 Å². The van der Waals surface area contributed by atoms with Crippen molar-refractivity contribution in [3.63, 3.8) is 0 Å². The Labute approximate surface area is 119 Å². The Balaban J connectivity index is 3.36. The Morgan fingerprint density at radius 3 is 1.95 bits per heavy atom. The Bertz CT molecular complexity index is 219. The van der Waals surface area contributed by atoms with E-state index in [0.717, 1.165) is 6.42 Å². The Kier molecular flexibility index (Phi) is 12.1. The molecule has 0 aromatic rings. The zero-order valence-electron chi connectivity index (χ0n) is 13.3. The van der Waals surface area contributed by atoms with Crippen LogP contribution in [0, 0.1) is 0 Å². The van der Waals surface area contributed by atoms with Crippen LogP contribution < -0.4 is 5.73 Å². The van der Waals surface area contributed by atoms with Crippen molar-refractivity contribution in [2.24, 2.45) is 5.73 Å². The molecule has 0 saturated carbocycles. The standard InChI is InChI=1S/C16H34N2O/c1-4-5-6-7-8-9-10-11-12-13-16(19)18(3)15(2)14-17/h15H,4-14,17H2,1-3H3. The van der Waals surface area contributed by atoms with E-state index in [-0.39, 0.29) is 11.9 Å². The van der Waals surface area contributed by atoms with Gasteiger partial charge in [-0.05, 0) is 13.3 Å². The van der Waals surface area contributed by atoms with E-state index in [1.807, 2.05) is 14.0 Å². The lowest BCUT2D eigenvalue weighted by molar-refractivity contribution is -0.131. The van der Waals surface area contributed by atoms with Gasteiger partial charge >= 0.3 is 0 Å². The monoisotopic (exact) mass is 270 g/mol. The molecule has 0 radical (unpaired) electrons. The maximum atomic E-state index is 11.8. The van der Waals surface area contributed by atoms with Crippen molar-refractivity contribution < 1.29 is 4.79 Å². The predicted octanol–water partition coefficient (Wildman–Crippen LogP) is 3.71. The van der Waals surface area contributed by atoms with Crippen LogP contribution >= 0.6 is 0 Å². The van der Waals surface area contributed by atoms with E-state index in [2.05, 4.69) is 6.92 Å². The highest BCUT2D eigenvalue weighted by Crippen LogP contribution is 2.11. The molecule has 0 bridgehead atoms. The predicted molar refractivity (Wildman–Crippen MR) is 83.1 cm³/mol. The molecule has 1 amide bonds. The van der Waals surface area contributed by atoms with Crippen LogP contribution in [0.25, 0.3) is 0 Å². The summed E-state index contributed by atoms with van der Waals surface area (Å²) in [5.74, 6) is 0.237. The van der Waals surface area contributed by atoms with Crippen molar-refractivity contribution in [1.29, 1.82) is 0 Å². The third-order valence-corrected chi connectivity index (χ3v) is 3.89. The number of hydrogen-bond acceptors (Lipinski definition) is 2. The molecule has 0 aliphatic rings. The van der Waals surface area contributed by atoms with E-state index < -0.39 is 0 Å². The summed E-state index contributed by atoms with van der Waals surface area (Å²) in [4.78, 5) is 13.6. The summed E-state index contributed by atoms with van der Waals surface area (Å²) < 4.78 is 0. The van der Waals surface area contributed by atoms with Crippen molar-refractivity contribution in [3.8, 4) is 0 Å². The molecule has 2 N–H and O–H groups in total. The van der Waals surface area contributed by atoms with E-state index in [1.54, 1.807) is 4.90 Å². The molecule has 0 rings (SSSR count). The van der Waals surface area contributed by atoms with Crippen LogP contribution in [-0.2, 0) is 4.79 Å². The highest BCUT2D eigenvalue weighted by molar-refractivity contribution is 5.76. The summed E-state index contributed by atoms with van der Waals surface area (Å²) in [7, 11) is 1.85. The van der Waals surface area contributed by atoms with Crippen molar-refractivity contribution >= 4 is 5.91 Å². The van der Waals surface area contributed by atoms with Gasteiger partial charge < -0.3 is 10.6 Å². The van der Waals surface area contributed by atoms with Gasteiger partial charge in [0.15, 0.2) is 0 Å². The van der Waals surface area contributed by atoms with Gasteiger partial charge in [0.05, 0.1) is 0 Å². The molecule has 0 aliphatic heterocycles. The molecule has 3 heteroatoms. The first-order chi connectivity index (χ1) is 9.13. The van der Waals surface area contributed by atoms with Crippen LogP contribution in [0.15, 0.2) is 0 Å². The topological polar surface area (TPSA) is 46.3 Å². The lowest BCUT2D eigenvalue weighted by atomic mass is 10.1. The van der Waals surface area contributed by atoms with Crippen LogP contribution in [0.3, 0.4) is 0 Å². The summed E-state index contributed by atoms with van der Waals surface area (Å²) in [6.07, 6.45) is 12.3. The minimum Gasteiger partial charge on any atom is -0.342 e. The summed E-state index contributed by atoms with van der Waals surface area (Å²) in [6, 6.07) is 0.158. The fourth-order valence-electron chi connectivity index (χ4n) is 2.17. The molecular weight excluding hydrogens is 236 g/mol. The molecule has 114 valence electrons. The smallest absolute Gasteiger partial charge is 0.222 e. The Hall–Kier alpha value is -0.570. The van der Waals surface area contributed by atoms with Crippen LogP contribution in [0.1, 0.15) is 78.1 Å². The second kappa shape index (κ2) is 12.5. The first-order valence-electron chi connectivity index (χ1n) is 8.09. The summed E-state index contributed by atoms with van der Waals surface area (Å²) in [5.41, 5.74) is 5.56. The Morgan fingerprint density at radius 1 is 1.00 bits per heavy atom. The number of likely N-dealkylation sites (N-methyl/N-ethyl adjacent to an activating group) is 1. The lowest BCUT2D eigenvalue weighted by Gasteiger charge is -2.23. The van der Waals surface area contributed by atoms with E-state index in [0.29, 0.717) is 13.0 Å². The van der Waals surface area contributed by atoms with Crippen molar-refractivity contribution in [2.45, 2.75) is 84.1 Å². The van der Waals surface area contributed by atoms with E-state index in [1.165, 1.54) is 51.4 Å². The molecule has 0 aromatic heterocycles. The van der Waals surface area contributed by atoms with Crippen LogP contribution in [-0.4, -0.2) is 30.4 Å². The van der Waals surface area contributed by atoms with Crippen molar-refractivity contribution in [3.05, 3.63) is 0 Å². The molecule has 0 heterocycles. The van der Waals surface area contributed by atoms with Gasteiger partial charge in [0.25, 0.3) is 0 Å². The zero-order chi connectivity index (χ0) is 14.5. The quantitative estimate of drug-likeness (QED) is 0.549. The van der Waals surface area contributed by atoms with E-state index in [4.69, 9.17) is 5.73 Å². The summed E-state index contributed by atoms with van der Waals surface area (Å²) >= 11 is 0. The maximum Gasteiger partial charge on any atom is 0.222 e. The SMILES string of the molecule is CCCCCCCCCCCC(=O)N(C)C(C)CN. The van der Waals surface area contributed by atoms with Gasteiger partial charge in [-0.3, -0.25) is 4.79 Å². The fourth-order valence-corrected chi connectivity index (χ4v) is 2.17. The van der Waals surface area contributed by atoms with Crippen molar-refractivity contribution in [2.75, 3.05) is 13.6 Å². The number of amides is 1. The minimum atomic E-state index is 0.158.